The molecule has 0 amide bonds. The molecule has 1 saturated heterocycles. The molecule has 118 valence electrons. The Morgan fingerprint density at radius 2 is 1.75 bits per heavy atom. The van der Waals surface area contributed by atoms with E-state index in [0.717, 1.165) is 26.2 Å². The van der Waals surface area contributed by atoms with E-state index in [9.17, 15) is 0 Å². The van der Waals surface area contributed by atoms with Gasteiger partial charge in [0.2, 0.25) is 0 Å². The maximum absolute atomic E-state index is 5.94. The summed E-state index contributed by atoms with van der Waals surface area (Å²) in [5.41, 5.74) is 0.379. The molecule has 0 aromatic rings. The van der Waals surface area contributed by atoms with Crippen molar-refractivity contribution >= 4 is 0 Å². The van der Waals surface area contributed by atoms with Gasteiger partial charge in [0.1, 0.15) is 0 Å². The molecule has 1 aliphatic heterocycles. The van der Waals surface area contributed by atoms with Crippen molar-refractivity contribution in [3.05, 3.63) is 0 Å². The molecule has 0 radical (unpaired) electrons. The standard InChI is InChI=1S/C17H34N2O/c1-3-14-20-15-16(18-4-2)17(10-6-7-11-17)19-12-8-5-9-13-19/h16,18H,3-15H2,1-2H3. The highest BCUT2D eigenvalue weighted by Crippen LogP contribution is 2.39. The normalized spacial score (nSPS) is 24.9. The fourth-order valence-corrected chi connectivity index (χ4v) is 4.21. The van der Waals surface area contributed by atoms with Crippen molar-refractivity contribution in [1.82, 2.24) is 10.2 Å². The summed E-state index contributed by atoms with van der Waals surface area (Å²) in [5.74, 6) is 0. The zero-order valence-electron chi connectivity index (χ0n) is 13.6. The summed E-state index contributed by atoms with van der Waals surface area (Å²) >= 11 is 0. The number of nitrogens with zero attached hydrogens (tertiary/aromatic N) is 1. The van der Waals surface area contributed by atoms with E-state index in [1.165, 1.54) is 58.0 Å². The van der Waals surface area contributed by atoms with Crippen molar-refractivity contribution in [3.8, 4) is 0 Å². The maximum Gasteiger partial charge on any atom is 0.0637 e. The molecule has 1 N–H and O–H groups in total. The molecule has 1 saturated carbocycles. The van der Waals surface area contributed by atoms with Crippen LogP contribution in [0.25, 0.3) is 0 Å². The van der Waals surface area contributed by atoms with Crippen molar-refractivity contribution in [2.75, 3.05) is 32.8 Å². The SMILES string of the molecule is CCCOCC(NCC)C1(N2CCCCC2)CCCC1. The first-order chi connectivity index (χ1) is 9.83. The van der Waals surface area contributed by atoms with Crippen molar-refractivity contribution < 1.29 is 4.74 Å². The lowest BCUT2D eigenvalue weighted by atomic mass is 9.84. The number of likely N-dealkylation sites (tertiary alicyclic amines) is 1. The Kier molecular flexibility index (Phi) is 6.79. The second-order valence-electron chi connectivity index (χ2n) is 6.54. The molecule has 1 aliphatic carbocycles. The molecule has 1 heterocycles. The van der Waals surface area contributed by atoms with Gasteiger partial charge in [-0.3, -0.25) is 4.90 Å². The molecule has 3 heteroatoms. The van der Waals surface area contributed by atoms with Gasteiger partial charge in [0.05, 0.1) is 6.61 Å². The highest BCUT2D eigenvalue weighted by molar-refractivity contribution is 5.04. The fourth-order valence-electron chi connectivity index (χ4n) is 4.21. The molecule has 20 heavy (non-hydrogen) atoms. The van der Waals surface area contributed by atoms with Crippen molar-refractivity contribution in [3.63, 3.8) is 0 Å². The molecule has 1 unspecified atom stereocenters. The van der Waals surface area contributed by atoms with Gasteiger partial charge in [-0.1, -0.05) is 33.1 Å². The Balaban J connectivity index is 2.05. The van der Waals surface area contributed by atoms with Crippen molar-refractivity contribution in [2.24, 2.45) is 0 Å². The van der Waals surface area contributed by atoms with Gasteiger partial charge >= 0.3 is 0 Å². The van der Waals surface area contributed by atoms with Gasteiger partial charge < -0.3 is 10.1 Å². The van der Waals surface area contributed by atoms with E-state index in [-0.39, 0.29) is 0 Å². The zero-order valence-corrected chi connectivity index (χ0v) is 13.6. The highest BCUT2D eigenvalue weighted by Gasteiger charge is 2.45. The number of piperidine rings is 1. The topological polar surface area (TPSA) is 24.5 Å². The lowest BCUT2D eigenvalue weighted by Gasteiger charge is -2.48. The predicted molar refractivity (Wildman–Crippen MR) is 85.2 cm³/mol. The Hall–Kier alpha value is -0.120. The summed E-state index contributed by atoms with van der Waals surface area (Å²) in [6.07, 6.45) is 10.8. The van der Waals surface area contributed by atoms with E-state index < -0.39 is 0 Å². The summed E-state index contributed by atoms with van der Waals surface area (Å²) < 4.78 is 5.94. The summed E-state index contributed by atoms with van der Waals surface area (Å²) in [4.78, 5) is 2.81. The lowest BCUT2D eigenvalue weighted by Crippen LogP contribution is -2.62. The minimum atomic E-state index is 0.379. The van der Waals surface area contributed by atoms with Crippen LogP contribution in [-0.2, 0) is 4.74 Å². The average molecular weight is 282 g/mol. The third kappa shape index (κ3) is 3.75. The first kappa shape index (κ1) is 16.3. The van der Waals surface area contributed by atoms with E-state index in [0.29, 0.717) is 11.6 Å². The number of nitrogens with one attached hydrogen (secondary N) is 1. The quantitative estimate of drug-likeness (QED) is 0.692. The molecule has 0 aromatic carbocycles. The number of rotatable bonds is 8. The monoisotopic (exact) mass is 282 g/mol. The van der Waals surface area contributed by atoms with Crippen LogP contribution in [0.3, 0.4) is 0 Å². The van der Waals surface area contributed by atoms with Crippen LogP contribution in [0.5, 0.6) is 0 Å². The molecule has 0 bridgehead atoms. The molecule has 0 spiro atoms. The molecular weight excluding hydrogens is 248 g/mol. The molecular formula is C17H34N2O. The maximum atomic E-state index is 5.94. The van der Waals surface area contributed by atoms with Gasteiger partial charge in [-0.2, -0.15) is 0 Å². The summed E-state index contributed by atoms with van der Waals surface area (Å²) in [6, 6.07) is 0.514. The Morgan fingerprint density at radius 3 is 2.35 bits per heavy atom. The highest BCUT2D eigenvalue weighted by atomic mass is 16.5. The Labute approximate surface area is 125 Å². The fraction of sp³-hybridized carbons (Fsp3) is 1.00. The van der Waals surface area contributed by atoms with E-state index in [2.05, 4.69) is 24.1 Å². The molecule has 3 nitrogen and oxygen atoms in total. The molecule has 2 fully saturated rings. The molecule has 0 aromatic heterocycles. The molecule has 1 atom stereocenters. The third-order valence-corrected chi connectivity index (χ3v) is 5.19. The van der Waals surface area contributed by atoms with Crippen LogP contribution >= 0.6 is 0 Å². The van der Waals surface area contributed by atoms with Crippen LogP contribution < -0.4 is 5.32 Å². The summed E-state index contributed by atoms with van der Waals surface area (Å²) in [6.45, 7) is 9.86. The van der Waals surface area contributed by atoms with Crippen molar-refractivity contribution in [2.45, 2.75) is 76.8 Å². The van der Waals surface area contributed by atoms with Gasteiger partial charge in [-0.15, -0.1) is 0 Å². The lowest BCUT2D eigenvalue weighted by molar-refractivity contribution is -0.00143. The van der Waals surface area contributed by atoms with Crippen LogP contribution in [0.4, 0.5) is 0 Å². The Morgan fingerprint density at radius 1 is 1.05 bits per heavy atom. The van der Waals surface area contributed by atoms with Crippen LogP contribution in [0.1, 0.15) is 65.2 Å². The summed E-state index contributed by atoms with van der Waals surface area (Å²) in [7, 11) is 0. The van der Waals surface area contributed by atoms with E-state index >= 15 is 0 Å². The first-order valence-electron chi connectivity index (χ1n) is 8.89. The molecule has 2 rings (SSSR count). The van der Waals surface area contributed by atoms with Crippen LogP contribution in [0.15, 0.2) is 0 Å². The zero-order chi connectivity index (χ0) is 14.3. The number of hydrogen-bond donors (Lipinski definition) is 1. The Bertz CT molecular complexity index is 258. The summed E-state index contributed by atoms with van der Waals surface area (Å²) in [5, 5.41) is 3.75. The van der Waals surface area contributed by atoms with Gasteiger partial charge in [0, 0.05) is 18.2 Å². The van der Waals surface area contributed by atoms with Gasteiger partial charge in [-0.25, -0.2) is 0 Å². The predicted octanol–water partition coefficient (Wildman–Crippen LogP) is 3.19. The van der Waals surface area contributed by atoms with E-state index in [1.807, 2.05) is 0 Å². The number of likely N-dealkylation sites (N-methyl/N-ethyl adjacent to an activating group) is 1. The largest absolute Gasteiger partial charge is 0.380 e. The van der Waals surface area contributed by atoms with Gasteiger partial charge in [-0.05, 0) is 51.7 Å². The minimum Gasteiger partial charge on any atom is -0.380 e. The van der Waals surface area contributed by atoms with Gasteiger partial charge in [0.25, 0.3) is 0 Å². The smallest absolute Gasteiger partial charge is 0.0637 e. The van der Waals surface area contributed by atoms with Gasteiger partial charge in [0.15, 0.2) is 0 Å². The minimum absolute atomic E-state index is 0.379. The van der Waals surface area contributed by atoms with Crippen LogP contribution in [0, 0.1) is 0 Å². The molecule has 2 aliphatic rings. The van der Waals surface area contributed by atoms with Crippen molar-refractivity contribution in [1.29, 1.82) is 0 Å². The second-order valence-corrected chi connectivity index (χ2v) is 6.54. The van der Waals surface area contributed by atoms with E-state index in [1.54, 1.807) is 0 Å². The number of ether oxygens (including phenoxy) is 1. The van der Waals surface area contributed by atoms with Crippen LogP contribution in [0.2, 0.25) is 0 Å². The first-order valence-corrected chi connectivity index (χ1v) is 8.89. The number of hydrogen-bond acceptors (Lipinski definition) is 3. The van der Waals surface area contributed by atoms with Crippen LogP contribution in [-0.4, -0.2) is 49.3 Å². The second kappa shape index (κ2) is 8.35. The average Bonchev–Trinajstić information content (AvgIpc) is 2.98. The van der Waals surface area contributed by atoms with E-state index in [4.69, 9.17) is 4.74 Å². The third-order valence-electron chi connectivity index (χ3n) is 5.19.